The Hall–Kier alpha value is -1.40. The van der Waals surface area contributed by atoms with Crippen LogP contribution in [0.25, 0.3) is 0 Å². The van der Waals surface area contributed by atoms with Crippen molar-refractivity contribution >= 4 is 11.9 Å². The summed E-state index contributed by atoms with van der Waals surface area (Å²) in [7, 11) is 0. The maximum Gasteiger partial charge on any atom is 0.305 e. The van der Waals surface area contributed by atoms with E-state index in [4.69, 9.17) is 4.74 Å². The van der Waals surface area contributed by atoms with E-state index in [2.05, 4.69) is 31.3 Å². The van der Waals surface area contributed by atoms with Gasteiger partial charge in [0.2, 0.25) is 5.91 Å². The van der Waals surface area contributed by atoms with Gasteiger partial charge in [-0.1, -0.05) is 238 Å². The Morgan fingerprint density at radius 3 is 1.20 bits per heavy atom. The minimum Gasteiger partial charge on any atom is -0.466 e. The highest BCUT2D eigenvalue weighted by molar-refractivity contribution is 5.76. The molecule has 0 aliphatic heterocycles. The Kier molecular flexibility index (Phi) is 48.1. The first-order valence-electron chi connectivity index (χ1n) is 26.4. The zero-order valence-electron chi connectivity index (χ0n) is 39.7. The molecule has 0 aliphatic carbocycles. The summed E-state index contributed by atoms with van der Waals surface area (Å²) in [5, 5.41) is 23.2. The van der Waals surface area contributed by atoms with Crippen LogP contribution in [0.2, 0.25) is 0 Å². The second kappa shape index (κ2) is 49.3. The fraction of sp³-hybridized carbons (Fsp3) is 0.925. The van der Waals surface area contributed by atoms with Gasteiger partial charge in [0, 0.05) is 12.8 Å². The van der Waals surface area contributed by atoms with Gasteiger partial charge in [-0.25, -0.2) is 0 Å². The van der Waals surface area contributed by atoms with Crippen molar-refractivity contribution in [3.63, 3.8) is 0 Å². The van der Waals surface area contributed by atoms with Crippen LogP contribution >= 0.6 is 0 Å². The summed E-state index contributed by atoms with van der Waals surface area (Å²) in [4.78, 5) is 24.5. The highest BCUT2D eigenvalue weighted by atomic mass is 16.5. The van der Waals surface area contributed by atoms with Gasteiger partial charge in [0.25, 0.3) is 0 Å². The largest absolute Gasteiger partial charge is 0.466 e. The smallest absolute Gasteiger partial charge is 0.305 e. The van der Waals surface area contributed by atoms with Crippen molar-refractivity contribution in [1.29, 1.82) is 0 Å². The Labute approximate surface area is 368 Å². The SMILES string of the molecule is CCCCCCCCC/C=C\CCCCCCCC(=O)OCCCCCCCCCCCC(=O)NC(CO)C(O)CCCCCCCCCCCCCCCCCCC. The minimum atomic E-state index is -0.681. The number of rotatable bonds is 49. The van der Waals surface area contributed by atoms with Gasteiger partial charge in [0.15, 0.2) is 0 Å². The van der Waals surface area contributed by atoms with Crippen molar-refractivity contribution in [2.24, 2.45) is 0 Å². The van der Waals surface area contributed by atoms with Gasteiger partial charge in [0.1, 0.15) is 0 Å². The number of amides is 1. The number of unbranched alkanes of at least 4 members (excludes halogenated alkanes) is 36. The quantitative estimate of drug-likeness (QED) is 0.0322. The van der Waals surface area contributed by atoms with E-state index in [-0.39, 0.29) is 18.5 Å². The molecule has 350 valence electrons. The number of aliphatic hydroxyl groups excluding tert-OH is 2. The fourth-order valence-electron chi connectivity index (χ4n) is 8.22. The van der Waals surface area contributed by atoms with E-state index < -0.39 is 12.1 Å². The van der Waals surface area contributed by atoms with Crippen LogP contribution in [0.15, 0.2) is 12.2 Å². The number of carbonyl (C=O) groups is 2. The molecule has 0 aromatic heterocycles. The molecule has 0 aromatic carbocycles. The average molecular weight is 834 g/mol. The monoisotopic (exact) mass is 834 g/mol. The molecule has 3 N–H and O–H groups in total. The lowest BCUT2D eigenvalue weighted by molar-refractivity contribution is -0.143. The van der Waals surface area contributed by atoms with Gasteiger partial charge in [0.05, 0.1) is 25.4 Å². The molecule has 2 atom stereocenters. The van der Waals surface area contributed by atoms with Crippen molar-refractivity contribution < 1.29 is 24.5 Å². The van der Waals surface area contributed by atoms with Gasteiger partial charge in [-0.15, -0.1) is 0 Å². The summed E-state index contributed by atoms with van der Waals surface area (Å²) in [6.45, 7) is 4.90. The third-order valence-electron chi connectivity index (χ3n) is 12.3. The Balaban J connectivity index is 3.48. The molecular formula is C53H103NO5. The van der Waals surface area contributed by atoms with Crippen molar-refractivity contribution in [2.45, 2.75) is 302 Å². The number of hydrogen-bond acceptors (Lipinski definition) is 5. The molecule has 59 heavy (non-hydrogen) atoms. The molecule has 6 nitrogen and oxygen atoms in total. The highest BCUT2D eigenvalue weighted by Crippen LogP contribution is 2.17. The molecule has 0 radical (unpaired) electrons. The van der Waals surface area contributed by atoms with Crippen LogP contribution in [0.1, 0.15) is 290 Å². The number of nitrogens with one attached hydrogen (secondary N) is 1. The van der Waals surface area contributed by atoms with E-state index in [9.17, 15) is 19.8 Å². The molecule has 2 unspecified atom stereocenters. The summed E-state index contributed by atoms with van der Waals surface area (Å²) < 4.78 is 5.45. The van der Waals surface area contributed by atoms with Gasteiger partial charge in [-0.3, -0.25) is 9.59 Å². The lowest BCUT2D eigenvalue weighted by atomic mass is 10.0. The number of hydrogen-bond donors (Lipinski definition) is 3. The maximum atomic E-state index is 12.5. The van der Waals surface area contributed by atoms with Crippen molar-refractivity contribution in [3.05, 3.63) is 12.2 Å². The van der Waals surface area contributed by atoms with Gasteiger partial charge >= 0.3 is 5.97 Å². The van der Waals surface area contributed by atoms with E-state index in [1.54, 1.807) is 0 Å². The molecule has 0 aromatic rings. The normalized spacial score (nSPS) is 12.7. The standard InChI is InChI=1S/C53H103NO5/c1-3-5-7-9-11-13-15-17-19-21-22-24-26-29-33-37-41-45-51(56)50(49-55)54-52(57)46-42-38-34-30-28-32-36-40-44-48-59-53(58)47-43-39-35-31-27-25-23-20-18-16-14-12-10-8-6-4-2/h20,23,50-51,55-56H,3-19,21-22,24-49H2,1-2H3,(H,54,57)/b23-20-. The zero-order chi connectivity index (χ0) is 43.0. The average Bonchev–Trinajstić information content (AvgIpc) is 3.24. The van der Waals surface area contributed by atoms with Crippen LogP contribution in [0.3, 0.4) is 0 Å². The number of aliphatic hydroxyl groups is 2. The Bertz CT molecular complexity index is 878. The molecule has 0 heterocycles. The predicted octanol–water partition coefficient (Wildman–Crippen LogP) is 15.7. The predicted molar refractivity (Wildman–Crippen MR) is 255 cm³/mol. The molecule has 0 bridgehead atoms. The van der Waals surface area contributed by atoms with Crippen LogP contribution in [0, 0.1) is 0 Å². The summed E-state index contributed by atoms with van der Waals surface area (Å²) in [5.41, 5.74) is 0. The van der Waals surface area contributed by atoms with Crippen molar-refractivity contribution in [1.82, 2.24) is 5.32 Å². The van der Waals surface area contributed by atoms with Crippen LogP contribution < -0.4 is 5.32 Å². The van der Waals surface area contributed by atoms with Gasteiger partial charge < -0.3 is 20.3 Å². The molecule has 0 rings (SSSR count). The number of carbonyl (C=O) groups excluding carboxylic acids is 2. The van der Waals surface area contributed by atoms with E-state index >= 15 is 0 Å². The first-order chi connectivity index (χ1) is 29.0. The zero-order valence-corrected chi connectivity index (χ0v) is 39.7. The molecular weight excluding hydrogens is 731 g/mol. The van der Waals surface area contributed by atoms with E-state index in [1.807, 2.05) is 0 Å². The van der Waals surface area contributed by atoms with Crippen LogP contribution in [0.5, 0.6) is 0 Å². The van der Waals surface area contributed by atoms with Gasteiger partial charge in [-0.05, 0) is 51.4 Å². The fourth-order valence-corrected chi connectivity index (χ4v) is 8.22. The molecule has 1 amide bonds. The summed E-state index contributed by atoms with van der Waals surface area (Å²) >= 11 is 0. The lowest BCUT2D eigenvalue weighted by Crippen LogP contribution is -2.45. The first-order valence-corrected chi connectivity index (χ1v) is 26.4. The first kappa shape index (κ1) is 57.6. The highest BCUT2D eigenvalue weighted by Gasteiger charge is 2.20. The van der Waals surface area contributed by atoms with Crippen molar-refractivity contribution in [2.75, 3.05) is 13.2 Å². The lowest BCUT2D eigenvalue weighted by Gasteiger charge is -2.22. The van der Waals surface area contributed by atoms with Crippen LogP contribution in [0.4, 0.5) is 0 Å². The molecule has 0 spiro atoms. The van der Waals surface area contributed by atoms with Crippen LogP contribution in [-0.2, 0) is 14.3 Å². The minimum absolute atomic E-state index is 0.0317. The summed E-state index contributed by atoms with van der Waals surface area (Å²) in [6.07, 6.45) is 56.1. The Morgan fingerprint density at radius 2 is 0.797 bits per heavy atom. The third kappa shape index (κ3) is 45.9. The molecule has 0 aliphatic rings. The second-order valence-corrected chi connectivity index (χ2v) is 18.2. The van der Waals surface area contributed by atoms with Crippen LogP contribution in [-0.4, -0.2) is 47.4 Å². The second-order valence-electron chi connectivity index (χ2n) is 18.2. The number of ether oxygens (including phenoxy) is 1. The molecule has 0 saturated carbocycles. The van der Waals surface area contributed by atoms with Crippen molar-refractivity contribution in [3.8, 4) is 0 Å². The number of esters is 1. The topological polar surface area (TPSA) is 95.9 Å². The van der Waals surface area contributed by atoms with E-state index in [1.165, 1.54) is 199 Å². The summed E-state index contributed by atoms with van der Waals surface area (Å²) in [6, 6.07) is -0.561. The molecule has 6 heteroatoms. The van der Waals surface area contributed by atoms with E-state index in [0.29, 0.717) is 25.9 Å². The Morgan fingerprint density at radius 1 is 0.458 bits per heavy atom. The molecule has 0 saturated heterocycles. The third-order valence-corrected chi connectivity index (χ3v) is 12.3. The summed E-state index contributed by atoms with van der Waals surface area (Å²) in [5.74, 6) is -0.0927. The van der Waals surface area contributed by atoms with Gasteiger partial charge in [-0.2, -0.15) is 0 Å². The number of allylic oxidation sites excluding steroid dienone is 2. The van der Waals surface area contributed by atoms with E-state index in [0.717, 1.165) is 57.8 Å². The maximum absolute atomic E-state index is 12.5. The molecule has 0 fully saturated rings.